The van der Waals surface area contributed by atoms with E-state index in [0.717, 1.165) is 46.2 Å². The fraction of sp³-hybridized carbons (Fsp3) is 0.303. The molecule has 70 heavy (non-hydrogen) atoms. The second kappa shape index (κ2) is 16.1. The lowest BCUT2D eigenvalue weighted by molar-refractivity contribution is 0.253. The van der Waals surface area contributed by atoms with Crippen LogP contribution >= 0.6 is 0 Å². The van der Waals surface area contributed by atoms with Crippen molar-refractivity contribution < 1.29 is 9.15 Å². The van der Waals surface area contributed by atoms with E-state index in [4.69, 9.17) is 9.15 Å². The van der Waals surface area contributed by atoms with E-state index in [1.165, 1.54) is 67.3 Å². The lowest BCUT2D eigenvalue weighted by Crippen LogP contribution is -2.44. The second-order valence-electron chi connectivity index (χ2n) is 22.5. The van der Waals surface area contributed by atoms with Crippen molar-refractivity contribution in [1.29, 1.82) is 0 Å². The van der Waals surface area contributed by atoms with Crippen LogP contribution < -0.4 is 14.5 Å². The van der Waals surface area contributed by atoms with Crippen molar-refractivity contribution in [2.45, 2.75) is 110 Å². The molecule has 350 valence electrons. The molecule has 0 N–H and O–H groups in total. The Morgan fingerprint density at radius 3 is 2.10 bits per heavy atom. The Labute approximate surface area is 414 Å². The van der Waals surface area contributed by atoms with Gasteiger partial charge in [0.25, 0.3) is 0 Å². The van der Waals surface area contributed by atoms with Crippen LogP contribution in [0.3, 0.4) is 0 Å². The lowest BCUT2D eigenvalue weighted by atomic mass is 9.53. The van der Waals surface area contributed by atoms with E-state index in [1.807, 2.05) is 0 Å². The second-order valence-corrected chi connectivity index (χ2v) is 22.5. The van der Waals surface area contributed by atoms with Crippen LogP contribution in [0.1, 0.15) is 137 Å². The van der Waals surface area contributed by atoms with Crippen molar-refractivity contribution >= 4 is 50.3 Å². The van der Waals surface area contributed by atoms with E-state index in [-0.39, 0.29) is 29.4 Å². The number of hydrogen-bond acceptors (Lipinski definition) is 4. The summed E-state index contributed by atoms with van der Waals surface area (Å²) in [6, 6.07) is 47.3. The highest BCUT2D eigenvalue weighted by Gasteiger charge is 2.51. The molecule has 6 atom stereocenters. The van der Waals surface area contributed by atoms with Gasteiger partial charge < -0.3 is 19.0 Å². The molecule has 0 amide bonds. The van der Waals surface area contributed by atoms with Crippen molar-refractivity contribution in [2.75, 3.05) is 9.80 Å². The summed E-state index contributed by atoms with van der Waals surface area (Å²) in [6.45, 7) is 19.2. The SMILES string of the molecule is CC(C)C1=CC(N(c2ccccc2C(C)C)c2cccc3c2oc2ccccc23)C2C=C3C4c5c(ccc1c52)C(N(C1=CC=CC2c5ccccc5OC12)c1ccccc1C(C)C)=CC4CCC3(C)C. The Kier molecular flexibility index (Phi) is 9.97. The van der Waals surface area contributed by atoms with Gasteiger partial charge in [0.15, 0.2) is 5.58 Å². The number of anilines is 3. The third kappa shape index (κ3) is 6.40. The minimum Gasteiger partial charge on any atom is -0.483 e. The summed E-state index contributed by atoms with van der Waals surface area (Å²) in [7, 11) is 0. The third-order valence-corrected chi connectivity index (χ3v) is 17.0. The van der Waals surface area contributed by atoms with Crippen molar-refractivity contribution in [2.24, 2.45) is 17.3 Å². The van der Waals surface area contributed by atoms with Gasteiger partial charge in [-0.3, -0.25) is 0 Å². The molecule has 1 saturated carbocycles. The Balaban J connectivity index is 1.07. The number of para-hydroxylation sites is 5. The normalized spacial score (nSPS) is 23.4. The zero-order chi connectivity index (χ0) is 47.7. The summed E-state index contributed by atoms with van der Waals surface area (Å²) in [5.41, 5.74) is 20.8. The standard InChI is InChI=1S/C66H64N2O2/c1-38(2)42-19-9-13-25-53(42)67(55-27-17-23-47-44-21-11-15-29-59(44)69-64(47)55)57-35-41-33-34-66(7,8)52-36-51-58(37-50(40(5)6)46-31-32-49(57)63(61(41)52)62(46)51)68(54-26-14-10-20-43(54)39(3)4)56-28-18-24-48-45-22-12-16-30-60(45)70-65(48)56/h9-32,35-41,47,51,58,61,64H,33-34H2,1-8H3. The van der Waals surface area contributed by atoms with Gasteiger partial charge in [0.2, 0.25) is 0 Å². The first-order valence-electron chi connectivity index (χ1n) is 26.1. The van der Waals surface area contributed by atoms with Crippen LogP contribution in [0.5, 0.6) is 5.75 Å². The summed E-state index contributed by atoms with van der Waals surface area (Å²) in [6.07, 6.45) is 17.2. The molecule has 6 unspecified atom stereocenters. The van der Waals surface area contributed by atoms with Gasteiger partial charge in [0, 0.05) is 56.7 Å². The predicted molar refractivity (Wildman–Crippen MR) is 291 cm³/mol. The van der Waals surface area contributed by atoms with Crippen LogP contribution in [0.2, 0.25) is 0 Å². The fourth-order valence-electron chi connectivity index (χ4n) is 13.7. The molecular formula is C66H64N2O2. The Morgan fingerprint density at radius 2 is 1.30 bits per heavy atom. The van der Waals surface area contributed by atoms with Crippen molar-refractivity contribution in [3.05, 3.63) is 214 Å². The third-order valence-electron chi connectivity index (χ3n) is 17.0. The molecule has 1 aliphatic heterocycles. The van der Waals surface area contributed by atoms with Crippen LogP contribution in [-0.2, 0) is 0 Å². The number of rotatable bonds is 9. The molecule has 1 fully saturated rings. The first kappa shape index (κ1) is 43.3. The molecule has 1 aromatic heterocycles. The van der Waals surface area contributed by atoms with Crippen LogP contribution in [0.25, 0.3) is 33.2 Å². The monoisotopic (exact) mass is 916 g/mol. The van der Waals surface area contributed by atoms with Gasteiger partial charge >= 0.3 is 0 Å². The number of nitrogens with zero attached hydrogens (tertiary/aromatic N) is 2. The molecule has 4 heteroatoms. The summed E-state index contributed by atoms with van der Waals surface area (Å²) in [4.78, 5) is 5.34. The Hall–Kier alpha value is -6.78. The van der Waals surface area contributed by atoms with E-state index in [2.05, 4.69) is 229 Å². The smallest absolute Gasteiger partial charge is 0.159 e. The summed E-state index contributed by atoms with van der Waals surface area (Å²) >= 11 is 0. The minimum absolute atomic E-state index is 0.0286. The molecule has 6 aliphatic rings. The first-order chi connectivity index (χ1) is 34.0. The van der Waals surface area contributed by atoms with Crippen molar-refractivity contribution in [3.8, 4) is 5.75 Å². The van der Waals surface area contributed by atoms with Gasteiger partial charge in [-0.15, -0.1) is 0 Å². The van der Waals surface area contributed by atoms with Crippen LogP contribution in [0, 0.1) is 17.3 Å². The van der Waals surface area contributed by atoms with E-state index < -0.39 is 0 Å². The highest BCUT2D eigenvalue weighted by molar-refractivity contribution is 6.09. The van der Waals surface area contributed by atoms with E-state index in [1.54, 1.807) is 5.57 Å². The summed E-state index contributed by atoms with van der Waals surface area (Å²) in [5, 5.41) is 2.31. The van der Waals surface area contributed by atoms with E-state index in [0.29, 0.717) is 29.6 Å². The van der Waals surface area contributed by atoms with E-state index >= 15 is 0 Å². The Bertz CT molecular complexity index is 3440. The first-order valence-corrected chi connectivity index (χ1v) is 26.1. The maximum absolute atomic E-state index is 7.08. The number of ether oxygens (including phenoxy) is 1. The zero-order valence-electron chi connectivity index (χ0n) is 41.9. The van der Waals surface area contributed by atoms with Crippen LogP contribution in [0.4, 0.5) is 17.1 Å². The molecule has 7 aromatic rings. The number of furan rings is 1. The highest BCUT2D eigenvalue weighted by Crippen LogP contribution is 2.63. The quantitative estimate of drug-likeness (QED) is 0.135. The average molecular weight is 917 g/mol. The van der Waals surface area contributed by atoms with Gasteiger partial charge in [0.1, 0.15) is 17.4 Å². The number of fused-ring (bicyclic) bond motifs is 6. The molecule has 5 aliphatic carbocycles. The topological polar surface area (TPSA) is 28.9 Å². The summed E-state index contributed by atoms with van der Waals surface area (Å²) in [5.74, 6) is 2.75. The zero-order valence-corrected chi connectivity index (χ0v) is 41.9. The molecule has 13 rings (SSSR count). The maximum atomic E-state index is 7.08. The minimum atomic E-state index is -0.154. The molecule has 2 heterocycles. The molecule has 6 aromatic carbocycles. The summed E-state index contributed by atoms with van der Waals surface area (Å²) < 4.78 is 14.1. The van der Waals surface area contributed by atoms with E-state index in [9.17, 15) is 0 Å². The number of allylic oxidation sites excluding steroid dienone is 5. The van der Waals surface area contributed by atoms with Gasteiger partial charge in [-0.25, -0.2) is 0 Å². The average Bonchev–Trinajstić information content (AvgIpc) is 3.95. The number of benzene rings is 6. The molecule has 0 spiro atoms. The molecule has 4 nitrogen and oxygen atoms in total. The lowest BCUT2D eigenvalue weighted by Gasteiger charge is -2.53. The maximum Gasteiger partial charge on any atom is 0.159 e. The highest BCUT2D eigenvalue weighted by atomic mass is 16.5. The van der Waals surface area contributed by atoms with Crippen LogP contribution in [0.15, 0.2) is 180 Å². The predicted octanol–water partition coefficient (Wildman–Crippen LogP) is 17.5. The molecule has 0 radical (unpaired) electrons. The van der Waals surface area contributed by atoms with Crippen molar-refractivity contribution in [3.63, 3.8) is 0 Å². The van der Waals surface area contributed by atoms with Gasteiger partial charge in [-0.05, 0) is 112 Å². The van der Waals surface area contributed by atoms with Crippen molar-refractivity contribution in [1.82, 2.24) is 0 Å². The van der Waals surface area contributed by atoms with Gasteiger partial charge in [0.05, 0.1) is 17.4 Å². The fourth-order valence-corrected chi connectivity index (χ4v) is 13.7. The molecule has 0 bridgehead atoms. The molecule has 0 saturated heterocycles. The number of hydrogen-bond donors (Lipinski definition) is 0. The largest absolute Gasteiger partial charge is 0.483 e. The van der Waals surface area contributed by atoms with Crippen LogP contribution in [-0.4, -0.2) is 12.1 Å². The van der Waals surface area contributed by atoms with Gasteiger partial charge in [-0.1, -0.05) is 188 Å². The Morgan fingerprint density at radius 1 is 0.614 bits per heavy atom. The molecular weight excluding hydrogens is 853 g/mol. The van der Waals surface area contributed by atoms with Gasteiger partial charge in [-0.2, -0.15) is 0 Å².